The zero-order chi connectivity index (χ0) is 14.0. The van der Waals surface area contributed by atoms with Crippen LogP contribution in [-0.2, 0) is 4.79 Å². The summed E-state index contributed by atoms with van der Waals surface area (Å²) in [6.07, 6.45) is 1.39. The number of carbonyl (C=O) groups is 2. The number of hydrogen-bond donors (Lipinski definition) is 1. The van der Waals surface area contributed by atoms with Crippen molar-refractivity contribution in [1.82, 2.24) is 10.2 Å². The number of halogens is 1. The summed E-state index contributed by atoms with van der Waals surface area (Å²) in [5, 5.41) is 2.54. The molecule has 102 valence electrons. The van der Waals surface area contributed by atoms with Gasteiger partial charge in [-0.25, -0.2) is 4.39 Å². The van der Waals surface area contributed by atoms with Gasteiger partial charge in [0.2, 0.25) is 5.91 Å². The van der Waals surface area contributed by atoms with Crippen LogP contribution in [0.25, 0.3) is 0 Å². The normalized spacial score (nSPS) is 18.5. The largest absolute Gasteiger partial charge is 0.357 e. The van der Waals surface area contributed by atoms with E-state index >= 15 is 0 Å². The molecule has 2 rings (SSSR count). The summed E-state index contributed by atoms with van der Waals surface area (Å²) in [6, 6.07) is 4.02. The van der Waals surface area contributed by atoms with Gasteiger partial charge in [0.15, 0.2) is 0 Å². The smallest absolute Gasteiger partial charge is 0.257 e. The Morgan fingerprint density at radius 2 is 2.16 bits per heavy atom. The maximum Gasteiger partial charge on any atom is 0.257 e. The number of likely N-dealkylation sites (N-methyl/N-ethyl adjacent to an activating group) is 1. The summed E-state index contributed by atoms with van der Waals surface area (Å²) in [6.45, 7) is 2.25. The Kier molecular flexibility index (Phi) is 3.83. The molecule has 0 bridgehead atoms. The standard InChI is InChI=1S/C14H17FN2O2/c1-9-5-6-10(11(15)8-9)14(19)17-7-3-4-12(17)13(18)16-2/h5-6,8,12H,3-4,7H2,1-2H3,(H,16,18). The van der Waals surface area contributed by atoms with Crippen LogP contribution in [0, 0.1) is 12.7 Å². The van der Waals surface area contributed by atoms with Crippen molar-refractivity contribution in [1.29, 1.82) is 0 Å². The third-order valence-corrected chi connectivity index (χ3v) is 3.42. The van der Waals surface area contributed by atoms with E-state index in [2.05, 4.69) is 5.32 Å². The van der Waals surface area contributed by atoms with E-state index < -0.39 is 17.8 Å². The number of benzene rings is 1. The van der Waals surface area contributed by atoms with Crippen molar-refractivity contribution < 1.29 is 14.0 Å². The Morgan fingerprint density at radius 1 is 1.42 bits per heavy atom. The number of likely N-dealkylation sites (tertiary alicyclic amines) is 1. The zero-order valence-electron chi connectivity index (χ0n) is 11.1. The van der Waals surface area contributed by atoms with Crippen molar-refractivity contribution in [3.05, 3.63) is 35.1 Å². The number of nitrogens with zero attached hydrogens (tertiary/aromatic N) is 1. The fourth-order valence-electron chi connectivity index (χ4n) is 2.40. The van der Waals surface area contributed by atoms with Crippen LogP contribution in [0.3, 0.4) is 0 Å². The lowest BCUT2D eigenvalue weighted by atomic mass is 10.1. The van der Waals surface area contributed by atoms with Crippen LogP contribution in [0.2, 0.25) is 0 Å². The molecule has 0 saturated carbocycles. The number of hydrogen-bond acceptors (Lipinski definition) is 2. The van der Waals surface area contributed by atoms with Gasteiger partial charge in [0.1, 0.15) is 11.9 Å². The Hall–Kier alpha value is -1.91. The van der Waals surface area contributed by atoms with E-state index in [-0.39, 0.29) is 11.5 Å². The molecule has 5 heteroatoms. The van der Waals surface area contributed by atoms with E-state index in [0.29, 0.717) is 13.0 Å². The number of carbonyl (C=O) groups excluding carboxylic acids is 2. The van der Waals surface area contributed by atoms with Crippen molar-refractivity contribution in [3.63, 3.8) is 0 Å². The molecule has 0 spiro atoms. The molecule has 0 aromatic heterocycles. The van der Waals surface area contributed by atoms with Gasteiger partial charge < -0.3 is 10.2 Å². The molecule has 1 aliphatic rings. The highest BCUT2D eigenvalue weighted by Crippen LogP contribution is 2.21. The van der Waals surface area contributed by atoms with Crippen LogP contribution in [0.1, 0.15) is 28.8 Å². The fourth-order valence-corrected chi connectivity index (χ4v) is 2.40. The molecular formula is C14H17FN2O2. The molecule has 1 atom stereocenters. The first kappa shape index (κ1) is 13.5. The van der Waals surface area contributed by atoms with E-state index in [9.17, 15) is 14.0 Å². The third-order valence-electron chi connectivity index (χ3n) is 3.42. The summed E-state index contributed by atoms with van der Waals surface area (Å²) in [4.78, 5) is 25.5. The molecule has 2 amide bonds. The second-order valence-electron chi connectivity index (χ2n) is 4.75. The lowest BCUT2D eigenvalue weighted by molar-refractivity contribution is -0.124. The number of rotatable bonds is 2. The minimum atomic E-state index is -0.535. The molecule has 1 saturated heterocycles. The molecular weight excluding hydrogens is 247 g/mol. The van der Waals surface area contributed by atoms with Gasteiger partial charge in [-0.15, -0.1) is 0 Å². The van der Waals surface area contributed by atoms with Crippen LogP contribution in [-0.4, -0.2) is 36.3 Å². The molecule has 0 radical (unpaired) electrons. The SMILES string of the molecule is CNC(=O)C1CCCN1C(=O)c1ccc(C)cc1F. The van der Waals surface area contributed by atoms with Crippen LogP contribution >= 0.6 is 0 Å². The minimum Gasteiger partial charge on any atom is -0.357 e. The van der Waals surface area contributed by atoms with E-state index in [1.54, 1.807) is 13.0 Å². The summed E-state index contributed by atoms with van der Waals surface area (Å²) < 4.78 is 13.8. The molecule has 1 aromatic rings. The minimum absolute atomic E-state index is 0.0291. The lowest BCUT2D eigenvalue weighted by Crippen LogP contribution is -2.45. The molecule has 1 heterocycles. The molecule has 4 nitrogen and oxygen atoms in total. The predicted octanol–water partition coefficient (Wildman–Crippen LogP) is 1.48. The Morgan fingerprint density at radius 3 is 2.79 bits per heavy atom. The van der Waals surface area contributed by atoms with Crippen molar-refractivity contribution in [2.24, 2.45) is 0 Å². The van der Waals surface area contributed by atoms with Gasteiger partial charge in [-0.3, -0.25) is 9.59 Å². The van der Waals surface area contributed by atoms with E-state index in [1.807, 2.05) is 0 Å². The van der Waals surface area contributed by atoms with Crippen LogP contribution in [0.4, 0.5) is 4.39 Å². The van der Waals surface area contributed by atoms with Crippen molar-refractivity contribution >= 4 is 11.8 Å². The Labute approximate surface area is 111 Å². The maximum atomic E-state index is 13.8. The summed E-state index contributed by atoms with van der Waals surface area (Å²) in [7, 11) is 1.54. The van der Waals surface area contributed by atoms with Gasteiger partial charge in [-0.05, 0) is 37.5 Å². The first-order valence-corrected chi connectivity index (χ1v) is 6.33. The first-order chi connectivity index (χ1) is 9.04. The number of amides is 2. The van der Waals surface area contributed by atoms with Gasteiger partial charge >= 0.3 is 0 Å². The molecule has 1 aromatic carbocycles. The van der Waals surface area contributed by atoms with E-state index in [4.69, 9.17) is 0 Å². The molecule has 1 N–H and O–H groups in total. The average molecular weight is 264 g/mol. The van der Waals surface area contributed by atoms with Crippen LogP contribution in [0.5, 0.6) is 0 Å². The number of nitrogens with one attached hydrogen (secondary N) is 1. The van der Waals surface area contributed by atoms with Gasteiger partial charge in [-0.2, -0.15) is 0 Å². The summed E-state index contributed by atoms with van der Waals surface area (Å²) in [5.74, 6) is -1.14. The van der Waals surface area contributed by atoms with Crippen molar-refractivity contribution in [2.75, 3.05) is 13.6 Å². The summed E-state index contributed by atoms with van der Waals surface area (Å²) in [5.41, 5.74) is 0.791. The third kappa shape index (κ3) is 2.59. The molecule has 0 aliphatic carbocycles. The maximum absolute atomic E-state index is 13.8. The highest BCUT2D eigenvalue weighted by Gasteiger charge is 2.34. The van der Waals surface area contributed by atoms with Gasteiger partial charge in [0.05, 0.1) is 5.56 Å². The van der Waals surface area contributed by atoms with Crippen LogP contribution in [0.15, 0.2) is 18.2 Å². The highest BCUT2D eigenvalue weighted by atomic mass is 19.1. The quantitative estimate of drug-likeness (QED) is 0.879. The molecule has 1 aliphatic heterocycles. The molecule has 1 fully saturated rings. The van der Waals surface area contributed by atoms with Crippen molar-refractivity contribution in [3.8, 4) is 0 Å². The summed E-state index contributed by atoms with van der Waals surface area (Å²) >= 11 is 0. The van der Waals surface area contributed by atoms with Gasteiger partial charge in [-0.1, -0.05) is 6.07 Å². The predicted molar refractivity (Wildman–Crippen MR) is 69.3 cm³/mol. The van der Waals surface area contributed by atoms with Gasteiger partial charge in [0.25, 0.3) is 5.91 Å². The van der Waals surface area contributed by atoms with Crippen molar-refractivity contribution in [2.45, 2.75) is 25.8 Å². The topological polar surface area (TPSA) is 49.4 Å². The second kappa shape index (κ2) is 5.38. The van der Waals surface area contributed by atoms with E-state index in [0.717, 1.165) is 12.0 Å². The van der Waals surface area contributed by atoms with Crippen LogP contribution < -0.4 is 5.32 Å². The monoisotopic (exact) mass is 264 g/mol. The second-order valence-corrected chi connectivity index (χ2v) is 4.75. The lowest BCUT2D eigenvalue weighted by Gasteiger charge is -2.23. The highest BCUT2D eigenvalue weighted by molar-refractivity contribution is 5.98. The molecule has 1 unspecified atom stereocenters. The first-order valence-electron chi connectivity index (χ1n) is 6.33. The Balaban J connectivity index is 2.25. The zero-order valence-corrected chi connectivity index (χ0v) is 11.1. The number of aryl methyl sites for hydroxylation is 1. The molecule has 19 heavy (non-hydrogen) atoms. The average Bonchev–Trinajstić information content (AvgIpc) is 2.86. The fraction of sp³-hybridized carbons (Fsp3) is 0.429. The van der Waals surface area contributed by atoms with Gasteiger partial charge in [0, 0.05) is 13.6 Å². The van der Waals surface area contributed by atoms with E-state index in [1.165, 1.54) is 24.1 Å². The Bertz CT molecular complexity index is 516.